The zero-order chi connectivity index (χ0) is 37.8. The number of allylic oxidation sites excluding steroid dienone is 2. The predicted molar refractivity (Wildman–Crippen MR) is 172 cm³/mol. The van der Waals surface area contributed by atoms with Gasteiger partial charge in [-0.25, -0.2) is 31.6 Å². The molecule has 52 heavy (non-hydrogen) atoms. The minimum atomic E-state index is -2.84. The lowest BCUT2D eigenvalue weighted by Gasteiger charge is -2.50. The first-order chi connectivity index (χ1) is 24.5. The Balaban J connectivity index is 1.44. The second kappa shape index (κ2) is 12.0. The molecule has 6 atom stereocenters. The summed E-state index contributed by atoms with van der Waals surface area (Å²) in [6.45, 7) is 1.64. The van der Waals surface area contributed by atoms with Gasteiger partial charge in [-0.2, -0.15) is 0 Å². The van der Waals surface area contributed by atoms with Crippen molar-refractivity contribution in [2.45, 2.75) is 35.4 Å². The Morgan fingerprint density at radius 3 is 2.15 bits per heavy atom. The molecule has 0 aromatic heterocycles. The van der Waals surface area contributed by atoms with Crippen LogP contribution in [0.2, 0.25) is 0 Å². The molecule has 4 amide bonds. The van der Waals surface area contributed by atoms with Crippen LogP contribution in [0.4, 0.5) is 33.3 Å². The monoisotopic (exact) mass is 764 g/mol. The molecule has 3 aromatic rings. The number of imide groups is 2. The number of benzene rings is 3. The van der Waals surface area contributed by atoms with E-state index < -0.39 is 110 Å². The number of hydrogen-bond donors (Lipinski definition) is 2. The summed E-state index contributed by atoms with van der Waals surface area (Å²) in [5.41, 5.74) is -2.33. The van der Waals surface area contributed by atoms with E-state index in [2.05, 4.69) is 0 Å². The van der Waals surface area contributed by atoms with Crippen LogP contribution in [-0.4, -0.2) is 56.2 Å². The van der Waals surface area contributed by atoms with Crippen LogP contribution in [0.1, 0.15) is 41.6 Å². The Hall–Kier alpha value is -5.02. The molecular formula is C35H23Cl2F5N2O8. The Morgan fingerprint density at radius 2 is 1.52 bits per heavy atom. The van der Waals surface area contributed by atoms with E-state index in [1.165, 1.54) is 42.5 Å². The zero-order valence-corrected chi connectivity index (χ0v) is 27.9. The van der Waals surface area contributed by atoms with Gasteiger partial charge in [-0.3, -0.25) is 24.1 Å². The molecule has 0 radical (unpaired) electrons. The number of ether oxygens (including phenoxy) is 1. The van der Waals surface area contributed by atoms with Crippen molar-refractivity contribution in [3.8, 4) is 11.5 Å². The van der Waals surface area contributed by atoms with E-state index in [0.717, 1.165) is 11.0 Å². The summed E-state index contributed by atoms with van der Waals surface area (Å²) in [4.78, 5) is 63.3. The van der Waals surface area contributed by atoms with Crippen LogP contribution in [0, 0.1) is 46.8 Å². The van der Waals surface area contributed by atoms with Gasteiger partial charge in [0.1, 0.15) is 5.69 Å². The number of rotatable bonds is 6. The lowest BCUT2D eigenvalue weighted by atomic mass is 9.56. The van der Waals surface area contributed by atoms with Gasteiger partial charge in [0.25, 0.3) is 11.8 Å². The maximum absolute atomic E-state index is 15.3. The van der Waals surface area contributed by atoms with Gasteiger partial charge in [-0.05, 0) is 49.9 Å². The van der Waals surface area contributed by atoms with E-state index in [9.17, 15) is 47.4 Å². The first kappa shape index (κ1) is 35.4. The lowest BCUT2D eigenvalue weighted by molar-refractivity contribution is -0.125. The van der Waals surface area contributed by atoms with Gasteiger partial charge < -0.3 is 14.9 Å². The molecule has 0 spiro atoms. The third-order valence-corrected chi connectivity index (χ3v) is 11.6. The summed E-state index contributed by atoms with van der Waals surface area (Å²) < 4.78 is 79.0. The molecular weight excluding hydrogens is 742 g/mol. The highest BCUT2D eigenvalue weighted by Crippen LogP contribution is 2.67. The van der Waals surface area contributed by atoms with Crippen molar-refractivity contribution in [2.75, 3.05) is 16.4 Å². The molecule has 17 heteroatoms. The number of para-hydroxylation sites is 1. The van der Waals surface area contributed by atoms with Crippen molar-refractivity contribution in [1.29, 1.82) is 0 Å². The summed E-state index contributed by atoms with van der Waals surface area (Å²) in [5, 5.41) is 21.0. The molecule has 3 fully saturated rings. The molecule has 2 aliphatic carbocycles. The van der Waals surface area contributed by atoms with Crippen LogP contribution in [0.3, 0.4) is 0 Å². The number of aromatic carboxylic acids is 1. The van der Waals surface area contributed by atoms with Gasteiger partial charge >= 0.3 is 5.97 Å². The number of anilines is 2. The summed E-state index contributed by atoms with van der Waals surface area (Å²) in [7, 11) is 0. The molecule has 3 aromatic carbocycles. The molecule has 7 rings (SSSR count). The number of carboxylic acids is 1. The minimum Gasteiger partial charge on any atom is -0.504 e. The van der Waals surface area contributed by atoms with Gasteiger partial charge in [0.05, 0.1) is 29.7 Å². The number of fused-ring (bicyclic) bond motifs is 4. The number of carboxylic acid groups (broad SMARTS) is 1. The maximum atomic E-state index is 15.3. The molecule has 2 N–H and O–H groups in total. The van der Waals surface area contributed by atoms with Crippen molar-refractivity contribution >= 4 is 64.2 Å². The molecule has 2 aliphatic heterocycles. The van der Waals surface area contributed by atoms with E-state index >= 15 is 8.78 Å². The second-order valence-electron chi connectivity index (χ2n) is 12.7. The number of aromatic hydroxyl groups is 1. The van der Waals surface area contributed by atoms with Crippen molar-refractivity contribution < 1.29 is 60.9 Å². The average Bonchev–Trinajstić information content (AvgIpc) is 3.46. The molecule has 1 saturated carbocycles. The SMILES string of the molecule is CCOc1cccc([C@H]2C3=CC[C@@H]4C(=O)N(c5cccc(C(=O)O)c5)C(=O)[C@@H]4[C@@H]3C[C@@]3(Cl)C(=O)N(c4c(F)c(F)c(F)c(F)c4F)C(=O)[C@@]23Cl)c1O. The largest absolute Gasteiger partial charge is 0.504 e. The fourth-order valence-electron chi connectivity index (χ4n) is 7.99. The van der Waals surface area contributed by atoms with Crippen LogP contribution in [0.15, 0.2) is 54.1 Å². The van der Waals surface area contributed by atoms with Gasteiger partial charge in [0, 0.05) is 11.5 Å². The molecule has 4 aliphatic rings. The lowest BCUT2D eigenvalue weighted by Crippen LogP contribution is -2.60. The standard InChI is InChI=1S/C35H23Cl2F5N2O8/c1-2-52-19-8-4-7-17(28(19)45)21-15-9-10-16-20(30(47)43(29(16)46)14-6-3-5-13(11-14)31(48)49)18(15)12-34(36)32(50)44(33(51)35(21,34)37)27-25(41)23(39)22(38)24(40)26(27)42/h3-9,11,16,18,20-21,45H,2,10,12H2,1H3,(H,48,49)/t16-,18+,20-,21+,34+,35-/m0/s1. The van der Waals surface area contributed by atoms with E-state index in [1.807, 2.05) is 0 Å². The third-order valence-electron chi connectivity index (χ3n) is 10.2. The quantitative estimate of drug-likeness (QED) is 0.0784. The Bertz CT molecular complexity index is 2170. The number of alkyl halides is 2. The highest BCUT2D eigenvalue weighted by molar-refractivity contribution is 6.58. The van der Waals surface area contributed by atoms with Gasteiger partial charge in [0.15, 0.2) is 44.5 Å². The predicted octanol–water partition coefficient (Wildman–Crippen LogP) is 5.95. The van der Waals surface area contributed by atoms with Crippen molar-refractivity contribution in [2.24, 2.45) is 17.8 Å². The summed E-state index contributed by atoms with van der Waals surface area (Å²) >= 11 is 14.2. The third kappa shape index (κ3) is 4.50. The second-order valence-corrected chi connectivity index (χ2v) is 13.9. The highest BCUT2D eigenvalue weighted by Gasteiger charge is 2.77. The fraction of sp³-hybridized carbons (Fsp3) is 0.286. The highest BCUT2D eigenvalue weighted by atomic mass is 35.5. The molecule has 0 unspecified atom stereocenters. The van der Waals surface area contributed by atoms with Crippen molar-refractivity contribution in [1.82, 2.24) is 0 Å². The Labute approximate surface area is 300 Å². The van der Waals surface area contributed by atoms with Gasteiger partial charge in [0.2, 0.25) is 17.6 Å². The number of hydrogen-bond acceptors (Lipinski definition) is 7. The summed E-state index contributed by atoms with van der Waals surface area (Å²) in [6.07, 6.45) is 0.543. The number of halogens is 7. The van der Waals surface area contributed by atoms with Gasteiger partial charge in [-0.1, -0.05) is 29.8 Å². The van der Waals surface area contributed by atoms with E-state index in [1.54, 1.807) is 6.92 Å². The first-order valence-electron chi connectivity index (χ1n) is 15.7. The molecule has 2 saturated heterocycles. The average molecular weight is 765 g/mol. The number of phenols is 1. The maximum Gasteiger partial charge on any atom is 0.335 e. The van der Waals surface area contributed by atoms with Crippen LogP contribution >= 0.6 is 23.2 Å². The normalized spacial score (nSPS) is 28.1. The summed E-state index contributed by atoms with van der Waals surface area (Å²) in [6, 6.07) is 9.03. The molecule has 270 valence electrons. The van der Waals surface area contributed by atoms with Crippen molar-refractivity contribution in [3.63, 3.8) is 0 Å². The first-order valence-corrected chi connectivity index (χ1v) is 16.4. The number of amides is 4. The summed E-state index contributed by atoms with van der Waals surface area (Å²) in [5.74, 6) is -24.9. The van der Waals surface area contributed by atoms with E-state index in [4.69, 9.17) is 27.9 Å². The van der Waals surface area contributed by atoms with Crippen LogP contribution in [0.5, 0.6) is 11.5 Å². The smallest absolute Gasteiger partial charge is 0.335 e. The van der Waals surface area contributed by atoms with Crippen LogP contribution in [0.25, 0.3) is 0 Å². The van der Waals surface area contributed by atoms with Crippen molar-refractivity contribution in [3.05, 3.63) is 94.3 Å². The minimum absolute atomic E-state index is 0.0448. The Kier molecular flexibility index (Phi) is 8.18. The fourth-order valence-corrected chi connectivity index (χ4v) is 8.92. The Morgan fingerprint density at radius 1 is 0.885 bits per heavy atom. The van der Waals surface area contributed by atoms with Gasteiger partial charge in [-0.15, -0.1) is 23.2 Å². The van der Waals surface area contributed by atoms with E-state index in [-0.39, 0.29) is 46.1 Å². The van der Waals surface area contributed by atoms with Crippen LogP contribution in [-0.2, 0) is 19.2 Å². The van der Waals surface area contributed by atoms with E-state index in [0.29, 0.717) is 0 Å². The topological polar surface area (TPSA) is 142 Å². The zero-order valence-electron chi connectivity index (χ0n) is 26.4. The van der Waals surface area contributed by atoms with Crippen LogP contribution < -0.4 is 14.5 Å². The number of nitrogens with zero attached hydrogens (tertiary/aromatic N) is 2. The molecule has 10 nitrogen and oxygen atoms in total. The molecule has 2 heterocycles. The number of phenolic OH excluding ortho intramolecular Hbond substituents is 1. The number of carbonyl (C=O) groups is 5. The molecule has 0 bridgehead atoms. The number of carbonyl (C=O) groups excluding carboxylic acids is 4.